The van der Waals surface area contributed by atoms with E-state index in [9.17, 15) is 0 Å². The Morgan fingerprint density at radius 1 is 1.43 bits per heavy atom. The van der Waals surface area contributed by atoms with E-state index in [4.69, 9.17) is 15.6 Å². The summed E-state index contributed by atoms with van der Waals surface area (Å²) in [4.78, 5) is 0. The number of ether oxygens (including phenoxy) is 1. The zero-order chi connectivity index (χ0) is 10.7. The van der Waals surface area contributed by atoms with Crippen LogP contribution >= 0.6 is 0 Å². The number of hydrogen-bond acceptors (Lipinski definition) is 3. The molecule has 0 radical (unpaired) electrons. The molecule has 1 unspecified atom stereocenters. The van der Waals surface area contributed by atoms with Crippen molar-refractivity contribution in [2.45, 2.75) is 19.9 Å². The summed E-state index contributed by atoms with van der Waals surface area (Å²) in [6.45, 7) is 3.94. The minimum Gasteiger partial charge on any atom is -0.496 e. The van der Waals surface area contributed by atoms with Crippen molar-refractivity contribution in [3.05, 3.63) is 28.8 Å². The van der Waals surface area contributed by atoms with Gasteiger partial charge in [-0.25, -0.2) is 0 Å². The van der Waals surface area contributed by atoms with E-state index in [0.717, 1.165) is 22.4 Å². The summed E-state index contributed by atoms with van der Waals surface area (Å²) < 4.78 is 5.21. The SMILES string of the molecule is COc1ccc(C)c(C)c1C(N)CO. The van der Waals surface area contributed by atoms with E-state index in [1.54, 1.807) is 7.11 Å². The van der Waals surface area contributed by atoms with Crippen molar-refractivity contribution in [3.8, 4) is 5.75 Å². The summed E-state index contributed by atoms with van der Waals surface area (Å²) in [6.07, 6.45) is 0. The molecule has 0 saturated heterocycles. The summed E-state index contributed by atoms with van der Waals surface area (Å²) in [5, 5.41) is 9.04. The Kier molecular flexibility index (Phi) is 3.49. The lowest BCUT2D eigenvalue weighted by atomic mass is 9.97. The van der Waals surface area contributed by atoms with Crippen LogP contribution in [-0.4, -0.2) is 18.8 Å². The molecule has 0 bridgehead atoms. The topological polar surface area (TPSA) is 55.5 Å². The molecule has 0 aliphatic carbocycles. The molecule has 14 heavy (non-hydrogen) atoms. The lowest BCUT2D eigenvalue weighted by Gasteiger charge is -2.17. The third-order valence-corrected chi connectivity index (χ3v) is 2.53. The molecule has 0 saturated carbocycles. The van der Waals surface area contributed by atoms with E-state index in [-0.39, 0.29) is 12.6 Å². The molecule has 1 rings (SSSR count). The first-order chi connectivity index (χ1) is 6.61. The molecule has 3 nitrogen and oxygen atoms in total. The molecular weight excluding hydrogens is 178 g/mol. The molecule has 78 valence electrons. The van der Waals surface area contributed by atoms with Crippen LogP contribution in [0.1, 0.15) is 22.7 Å². The Balaban J connectivity index is 3.27. The number of aliphatic hydroxyl groups is 1. The minimum absolute atomic E-state index is 0.0688. The van der Waals surface area contributed by atoms with E-state index < -0.39 is 0 Å². The van der Waals surface area contributed by atoms with Crippen molar-refractivity contribution in [3.63, 3.8) is 0 Å². The van der Waals surface area contributed by atoms with Gasteiger partial charge in [-0.15, -0.1) is 0 Å². The highest BCUT2D eigenvalue weighted by Crippen LogP contribution is 2.28. The smallest absolute Gasteiger partial charge is 0.124 e. The summed E-state index contributed by atoms with van der Waals surface area (Å²) in [5.74, 6) is 0.745. The number of methoxy groups -OCH3 is 1. The van der Waals surface area contributed by atoms with E-state index in [0.29, 0.717) is 0 Å². The number of hydrogen-bond donors (Lipinski definition) is 2. The van der Waals surface area contributed by atoms with Crippen LogP contribution in [0.5, 0.6) is 5.75 Å². The molecule has 3 N–H and O–H groups in total. The van der Waals surface area contributed by atoms with E-state index in [2.05, 4.69) is 0 Å². The molecule has 0 amide bonds. The number of aryl methyl sites for hydroxylation is 1. The Bertz CT molecular complexity index is 323. The molecule has 0 aliphatic rings. The van der Waals surface area contributed by atoms with E-state index >= 15 is 0 Å². The van der Waals surface area contributed by atoms with Gasteiger partial charge in [0.2, 0.25) is 0 Å². The van der Waals surface area contributed by atoms with Crippen LogP contribution in [0.2, 0.25) is 0 Å². The molecule has 1 aromatic rings. The molecular formula is C11H17NO2. The second kappa shape index (κ2) is 4.44. The van der Waals surface area contributed by atoms with Gasteiger partial charge in [-0.1, -0.05) is 6.07 Å². The fraction of sp³-hybridized carbons (Fsp3) is 0.455. The summed E-state index contributed by atoms with van der Waals surface area (Å²) >= 11 is 0. The van der Waals surface area contributed by atoms with Crippen LogP contribution in [0.4, 0.5) is 0 Å². The van der Waals surface area contributed by atoms with Gasteiger partial charge in [0, 0.05) is 5.56 Å². The van der Waals surface area contributed by atoms with Crippen molar-refractivity contribution in [1.29, 1.82) is 0 Å². The largest absolute Gasteiger partial charge is 0.496 e. The molecule has 0 aliphatic heterocycles. The van der Waals surface area contributed by atoms with Gasteiger partial charge in [0.25, 0.3) is 0 Å². The predicted molar refractivity (Wildman–Crippen MR) is 56.5 cm³/mol. The first-order valence-corrected chi connectivity index (χ1v) is 4.62. The van der Waals surface area contributed by atoms with Crippen LogP contribution in [0, 0.1) is 13.8 Å². The third kappa shape index (κ3) is 1.89. The number of nitrogens with two attached hydrogens (primary N) is 1. The molecule has 0 heterocycles. The van der Waals surface area contributed by atoms with Gasteiger partial charge in [-0.2, -0.15) is 0 Å². The highest BCUT2D eigenvalue weighted by molar-refractivity contribution is 5.45. The predicted octanol–water partition coefficient (Wildman–Crippen LogP) is 1.30. The zero-order valence-electron chi connectivity index (χ0n) is 8.87. The zero-order valence-corrected chi connectivity index (χ0v) is 8.87. The number of rotatable bonds is 3. The molecule has 3 heteroatoms. The molecule has 0 spiro atoms. The second-order valence-corrected chi connectivity index (χ2v) is 3.41. The van der Waals surface area contributed by atoms with Gasteiger partial charge >= 0.3 is 0 Å². The molecule has 0 aromatic heterocycles. The fourth-order valence-corrected chi connectivity index (χ4v) is 1.54. The summed E-state index contributed by atoms with van der Waals surface area (Å²) in [6, 6.07) is 3.50. The van der Waals surface area contributed by atoms with Crippen molar-refractivity contribution in [1.82, 2.24) is 0 Å². The van der Waals surface area contributed by atoms with Crippen molar-refractivity contribution < 1.29 is 9.84 Å². The van der Waals surface area contributed by atoms with Gasteiger partial charge in [-0.05, 0) is 31.0 Å². The van der Waals surface area contributed by atoms with Crippen molar-refractivity contribution in [2.24, 2.45) is 5.73 Å². The number of benzene rings is 1. The number of aliphatic hydroxyl groups excluding tert-OH is 1. The molecule has 1 atom stereocenters. The molecule has 0 fully saturated rings. The fourth-order valence-electron chi connectivity index (χ4n) is 1.54. The molecule has 1 aromatic carbocycles. The highest BCUT2D eigenvalue weighted by Gasteiger charge is 2.14. The van der Waals surface area contributed by atoms with Gasteiger partial charge in [0.15, 0.2) is 0 Å². The Hall–Kier alpha value is -1.06. The first kappa shape index (κ1) is 11.0. The van der Waals surface area contributed by atoms with Gasteiger partial charge in [0.05, 0.1) is 19.8 Å². The normalized spacial score (nSPS) is 12.6. The van der Waals surface area contributed by atoms with Crippen LogP contribution in [0.3, 0.4) is 0 Å². The lowest BCUT2D eigenvalue weighted by molar-refractivity contribution is 0.264. The first-order valence-electron chi connectivity index (χ1n) is 4.62. The second-order valence-electron chi connectivity index (χ2n) is 3.41. The van der Waals surface area contributed by atoms with Gasteiger partial charge in [-0.3, -0.25) is 0 Å². The lowest BCUT2D eigenvalue weighted by Crippen LogP contribution is -2.17. The van der Waals surface area contributed by atoms with Gasteiger partial charge < -0.3 is 15.6 Å². The minimum atomic E-state index is -0.371. The van der Waals surface area contributed by atoms with E-state index in [1.807, 2.05) is 26.0 Å². The average molecular weight is 195 g/mol. The van der Waals surface area contributed by atoms with Crippen LogP contribution < -0.4 is 10.5 Å². The average Bonchev–Trinajstić information content (AvgIpc) is 2.20. The van der Waals surface area contributed by atoms with E-state index in [1.165, 1.54) is 0 Å². The maximum Gasteiger partial charge on any atom is 0.124 e. The summed E-state index contributed by atoms with van der Waals surface area (Å²) in [7, 11) is 1.61. The van der Waals surface area contributed by atoms with Crippen LogP contribution in [-0.2, 0) is 0 Å². The Morgan fingerprint density at radius 2 is 2.07 bits per heavy atom. The van der Waals surface area contributed by atoms with Crippen molar-refractivity contribution in [2.75, 3.05) is 13.7 Å². The van der Waals surface area contributed by atoms with Crippen molar-refractivity contribution >= 4 is 0 Å². The maximum atomic E-state index is 9.04. The quantitative estimate of drug-likeness (QED) is 0.764. The van der Waals surface area contributed by atoms with Gasteiger partial charge in [0.1, 0.15) is 5.75 Å². The standard InChI is InChI=1S/C11H17NO2/c1-7-4-5-10(14-3)11(8(7)2)9(12)6-13/h4-5,9,13H,6,12H2,1-3H3. The Morgan fingerprint density at radius 3 is 2.57 bits per heavy atom. The Labute approximate surface area is 84.5 Å². The maximum absolute atomic E-state index is 9.04. The third-order valence-electron chi connectivity index (χ3n) is 2.53. The van der Waals surface area contributed by atoms with Crippen LogP contribution in [0.15, 0.2) is 12.1 Å². The summed E-state index contributed by atoms with van der Waals surface area (Å²) in [5.41, 5.74) is 8.95. The van der Waals surface area contributed by atoms with Crippen LogP contribution in [0.25, 0.3) is 0 Å². The highest BCUT2D eigenvalue weighted by atomic mass is 16.5. The monoisotopic (exact) mass is 195 g/mol.